The van der Waals surface area contributed by atoms with E-state index in [-0.39, 0.29) is 0 Å². The Bertz CT molecular complexity index is 935. The molecule has 0 spiro atoms. The average molecular weight is 274 g/mol. The van der Waals surface area contributed by atoms with Gasteiger partial charge in [0.1, 0.15) is 5.52 Å². The van der Waals surface area contributed by atoms with Gasteiger partial charge in [0.15, 0.2) is 11.5 Å². The van der Waals surface area contributed by atoms with E-state index in [0.29, 0.717) is 18.0 Å². The van der Waals surface area contributed by atoms with Gasteiger partial charge < -0.3 is 10.2 Å². The summed E-state index contributed by atoms with van der Waals surface area (Å²) in [7, 11) is 0. The third-order valence-electron chi connectivity index (χ3n) is 3.72. The Morgan fingerprint density at radius 2 is 1.71 bits per heavy atom. The van der Waals surface area contributed by atoms with E-state index in [0.717, 1.165) is 11.1 Å². The Labute approximate surface area is 122 Å². The van der Waals surface area contributed by atoms with Crippen LogP contribution in [0.2, 0.25) is 0 Å². The lowest BCUT2D eigenvalue weighted by Gasteiger charge is -2.03. The minimum absolute atomic E-state index is 0.653. The van der Waals surface area contributed by atoms with Gasteiger partial charge in [0.2, 0.25) is 0 Å². The summed E-state index contributed by atoms with van der Waals surface area (Å²) in [5, 5.41) is 2.46. The van der Waals surface area contributed by atoms with Crippen molar-refractivity contribution >= 4 is 27.6 Å². The predicted molar refractivity (Wildman–Crippen MR) is 85.2 cm³/mol. The molecule has 0 bridgehead atoms. The molecule has 0 atom stereocenters. The average Bonchev–Trinajstić information content (AvgIpc) is 2.92. The van der Waals surface area contributed by atoms with Gasteiger partial charge in [-0.1, -0.05) is 48.5 Å². The molecule has 1 heterocycles. The van der Waals surface area contributed by atoms with Crippen molar-refractivity contribution in [2.75, 3.05) is 5.73 Å². The molecule has 0 aliphatic carbocycles. The number of nitrogen functional groups attached to an aromatic ring is 1. The highest BCUT2D eigenvalue weighted by Crippen LogP contribution is 2.25. The Balaban J connectivity index is 1.81. The molecule has 4 aromatic rings. The summed E-state index contributed by atoms with van der Waals surface area (Å²) >= 11 is 0. The van der Waals surface area contributed by atoms with Gasteiger partial charge in [-0.3, -0.25) is 0 Å². The number of benzene rings is 3. The van der Waals surface area contributed by atoms with Crippen LogP contribution in [0.25, 0.3) is 21.9 Å². The number of hydrogen-bond acceptors (Lipinski definition) is 3. The van der Waals surface area contributed by atoms with Crippen molar-refractivity contribution in [2.24, 2.45) is 0 Å². The maximum atomic E-state index is 5.93. The summed E-state index contributed by atoms with van der Waals surface area (Å²) in [6.07, 6.45) is 0.662. The summed E-state index contributed by atoms with van der Waals surface area (Å²) in [5.41, 5.74) is 9.28. The van der Waals surface area contributed by atoms with Crippen molar-refractivity contribution in [1.82, 2.24) is 4.98 Å². The zero-order valence-corrected chi connectivity index (χ0v) is 11.4. The van der Waals surface area contributed by atoms with Gasteiger partial charge in [-0.15, -0.1) is 0 Å². The first-order valence-electron chi connectivity index (χ1n) is 6.92. The molecular formula is C18H14N2O. The van der Waals surface area contributed by atoms with Crippen LogP contribution in [0, 0.1) is 0 Å². The molecule has 3 nitrogen and oxygen atoms in total. The fourth-order valence-electron chi connectivity index (χ4n) is 2.70. The lowest BCUT2D eigenvalue weighted by Crippen LogP contribution is -1.90. The molecule has 21 heavy (non-hydrogen) atoms. The quantitative estimate of drug-likeness (QED) is 0.558. The molecule has 102 valence electrons. The highest BCUT2D eigenvalue weighted by Gasteiger charge is 2.10. The maximum absolute atomic E-state index is 5.93. The van der Waals surface area contributed by atoms with Crippen molar-refractivity contribution in [3.05, 3.63) is 72.1 Å². The smallest absolute Gasteiger partial charge is 0.199 e. The van der Waals surface area contributed by atoms with Crippen LogP contribution in [0.4, 0.5) is 5.69 Å². The van der Waals surface area contributed by atoms with Crippen molar-refractivity contribution in [2.45, 2.75) is 6.42 Å². The van der Waals surface area contributed by atoms with Crippen LogP contribution in [0.1, 0.15) is 11.5 Å². The van der Waals surface area contributed by atoms with E-state index in [2.05, 4.69) is 41.4 Å². The van der Waals surface area contributed by atoms with Crippen LogP contribution in [0.3, 0.4) is 0 Å². The standard InChI is InChI=1S/C18H14N2O/c19-15-9-4-10-16-18(15)20-17(21-16)11-13-7-3-6-12-5-1-2-8-14(12)13/h1-10H,11,19H2. The molecule has 2 N–H and O–H groups in total. The number of fused-ring (bicyclic) bond motifs is 2. The summed E-state index contributed by atoms with van der Waals surface area (Å²) < 4.78 is 5.81. The van der Waals surface area contributed by atoms with Crippen LogP contribution >= 0.6 is 0 Å². The lowest BCUT2D eigenvalue weighted by atomic mass is 10.0. The Kier molecular flexibility index (Phi) is 2.64. The first kappa shape index (κ1) is 12.0. The van der Waals surface area contributed by atoms with E-state index in [4.69, 9.17) is 10.2 Å². The van der Waals surface area contributed by atoms with E-state index in [1.54, 1.807) is 0 Å². The third-order valence-corrected chi connectivity index (χ3v) is 3.72. The summed E-state index contributed by atoms with van der Waals surface area (Å²) in [4.78, 5) is 4.52. The predicted octanol–water partition coefficient (Wildman–Crippen LogP) is 4.15. The molecule has 0 saturated heterocycles. The number of anilines is 1. The van der Waals surface area contributed by atoms with Crippen LogP contribution in [0.15, 0.2) is 65.1 Å². The van der Waals surface area contributed by atoms with Gasteiger partial charge in [0, 0.05) is 0 Å². The molecule has 3 heteroatoms. The second-order valence-corrected chi connectivity index (χ2v) is 5.12. The van der Waals surface area contributed by atoms with Crippen LogP contribution < -0.4 is 5.73 Å². The van der Waals surface area contributed by atoms with Crippen LogP contribution in [-0.4, -0.2) is 4.98 Å². The lowest BCUT2D eigenvalue weighted by molar-refractivity contribution is 0.544. The summed E-state index contributed by atoms with van der Waals surface area (Å²) in [5.74, 6) is 0.694. The maximum Gasteiger partial charge on any atom is 0.199 e. The fraction of sp³-hybridized carbons (Fsp3) is 0.0556. The molecule has 4 rings (SSSR count). The van der Waals surface area contributed by atoms with E-state index < -0.39 is 0 Å². The molecule has 0 aliphatic heterocycles. The topological polar surface area (TPSA) is 52.0 Å². The zero-order valence-electron chi connectivity index (χ0n) is 11.4. The van der Waals surface area contributed by atoms with Crippen LogP contribution in [-0.2, 0) is 6.42 Å². The molecule has 0 fully saturated rings. The molecule has 0 radical (unpaired) electrons. The minimum Gasteiger partial charge on any atom is -0.440 e. The molecule has 0 saturated carbocycles. The molecule has 0 unspecified atom stereocenters. The SMILES string of the molecule is Nc1cccc2oc(Cc3cccc4ccccc34)nc12. The third kappa shape index (κ3) is 2.03. The van der Waals surface area contributed by atoms with Gasteiger partial charge in [0.25, 0.3) is 0 Å². The fourth-order valence-corrected chi connectivity index (χ4v) is 2.70. The first-order valence-corrected chi connectivity index (χ1v) is 6.92. The molecule has 1 aromatic heterocycles. The van der Waals surface area contributed by atoms with Gasteiger partial charge in [-0.05, 0) is 28.5 Å². The minimum atomic E-state index is 0.653. The highest BCUT2D eigenvalue weighted by atomic mass is 16.3. The van der Waals surface area contributed by atoms with Crippen molar-refractivity contribution in [3.63, 3.8) is 0 Å². The van der Waals surface area contributed by atoms with Crippen molar-refractivity contribution in [1.29, 1.82) is 0 Å². The monoisotopic (exact) mass is 274 g/mol. The second kappa shape index (κ2) is 4.63. The van der Waals surface area contributed by atoms with E-state index in [9.17, 15) is 0 Å². The summed E-state index contributed by atoms with van der Waals surface area (Å²) in [6, 6.07) is 20.2. The van der Waals surface area contributed by atoms with Crippen molar-refractivity contribution < 1.29 is 4.42 Å². The molecule has 3 aromatic carbocycles. The largest absolute Gasteiger partial charge is 0.440 e. The molecular weight excluding hydrogens is 260 g/mol. The molecule has 0 aliphatic rings. The van der Waals surface area contributed by atoms with Crippen molar-refractivity contribution in [3.8, 4) is 0 Å². The van der Waals surface area contributed by atoms with Gasteiger partial charge >= 0.3 is 0 Å². The second-order valence-electron chi connectivity index (χ2n) is 5.12. The number of nitrogens with zero attached hydrogens (tertiary/aromatic N) is 1. The number of oxazole rings is 1. The zero-order chi connectivity index (χ0) is 14.2. The van der Waals surface area contributed by atoms with Gasteiger partial charge in [0.05, 0.1) is 12.1 Å². The van der Waals surface area contributed by atoms with E-state index in [1.165, 1.54) is 16.3 Å². The molecule has 0 amide bonds. The Morgan fingerprint density at radius 1 is 0.905 bits per heavy atom. The Morgan fingerprint density at radius 3 is 2.62 bits per heavy atom. The van der Waals surface area contributed by atoms with Gasteiger partial charge in [-0.2, -0.15) is 0 Å². The number of hydrogen-bond donors (Lipinski definition) is 1. The first-order chi connectivity index (χ1) is 10.3. The number of para-hydroxylation sites is 1. The van der Waals surface area contributed by atoms with E-state index >= 15 is 0 Å². The van der Waals surface area contributed by atoms with E-state index in [1.807, 2.05) is 24.3 Å². The number of aromatic nitrogens is 1. The number of nitrogens with two attached hydrogens (primary N) is 1. The normalized spacial score (nSPS) is 11.2. The summed E-state index contributed by atoms with van der Waals surface area (Å²) in [6.45, 7) is 0. The van der Waals surface area contributed by atoms with Crippen LogP contribution in [0.5, 0.6) is 0 Å². The highest BCUT2D eigenvalue weighted by molar-refractivity contribution is 5.87. The number of rotatable bonds is 2. The Hall–Kier alpha value is -2.81. The van der Waals surface area contributed by atoms with Gasteiger partial charge in [-0.25, -0.2) is 4.98 Å².